The zero-order valence-electron chi connectivity index (χ0n) is 12.4. The average Bonchev–Trinajstić information content (AvgIpc) is 3.05. The van der Waals surface area contributed by atoms with E-state index in [2.05, 4.69) is 9.88 Å². The maximum absolute atomic E-state index is 12.2. The summed E-state index contributed by atoms with van der Waals surface area (Å²) in [5.41, 5.74) is 7.90. The van der Waals surface area contributed by atoms with Crippen molar-refractivity contribution in [3.05, 3.63) is 24.1 Å². The number of fused-ring (bicyclic) bond motifs is 1. The minimum Gasteiger partial charge on any atom is -0.439 e. The van der Waals surface area contributed by atoms with E-state index in [0.717, 1.165) is 19.4 Å². The van der Waals surface area contributed by atoms with Gasteiger partial charge in [-0.15, -0.1) is 0 Å². The molecule has 1 aromatic carbocycles. The number of hydrogen-bond acceptors (Lipinski definition) is 5. The maximum Gasteiger partial charge on any atom is 0.239 e. The molecule has 3 rings (SSSR count). The summed E-state index contributed by atoms with van der Waals surface area (Å²) in [6.45, 7) is 1.43. The number of oxazole rings is 1. The summed E-state index contributed by atoms with van der Waals surface area (Å²) in [5.74, 6) is 0.754. The molecule has 1 fully saturated rings. The van der Waals surface area contributed by atoms with Gasteiger partial charge in [-0.2, -0.15) is 0 Å². The number of carbonyl (C=O) groups excluding carboxylic acids is 1. The first-order valence-corrected chi connectivity index (χ1v) is 7.15. The molecule has 1 aromatic heterocycles. The molecule has 0 aliphatic carbocycles. The van der Waals surface area contributed by atoms with E-state index in [1.807, 2.05) is 18.2 Å². The highest BCUT2D eigenvalue weighted by Gasteiger charge is 2.32. The smallest absolute Gasteiger partial charge is 0.239 e. The monoisotopic (exact) mass is 288 g/mol. The zero-order valence-corrected chi connectivity index (χ0v) is 12.4. The van der Waals surface area contributed by atoms with Gasteiger partial charge in [-0.1, -0.05) is 6.07 Å². The fourth-order valence-corrected chi connectivity index (χ4v) is 2.85. The lowest BCUT2D eigenvalue weighted by Crippen LogP contribution is -2.42. The quantitative estimate of drug-likeness (QED) is 0.865. The Morgan fingerprint density at radius 1 is 1.52 bits per heavy atom. The molecule has 1 amide bonds. The summed E-state index contributed by atoms with van der Waals surface area (Å²) in [7, 11) is 3.58. The van der Waals surface area contributed by atoms with Gasteiger partial charge in [0.25, 0.3) is 0 Å². The number of amides is 1. The molecule has 2 aromatic rings. The third-order valence-corrected chi connectivity index (χ3v) is 3.92. The van der Waals surface area contributed by atoms with Gasteiger partial charge in [0.1, 0.15) is 5.52 Å². The number of nitrogens with two attached hydrogens (primary N) is 1. The first-order valence-electron chi connectivity index (χ1n) is 7.15. The summed E-state index contributed by atoms with van der Waals surface area (Å²) in [5, 5.41) is 0. The number of nitrogens with zero attached hydrogens (tertiary/aromatic N) is 3. The van der Waals surface area contributed by atoms with Crippen molar-refractivity contribution in [1.82, 2.24) is 14.8 Å². The first-order chi connectivity index (χ1) is 10.1. The van der Waals surface area contributed by atoms with Crippen LogP contribution in [0.3, 0.4) is 0 Å². The van der Waals surface area contributed by atoms with Gasteiger partial charge >= 0.3 is 0 Å². The molecule has 21 heavy (non-hydrogen) atoms. The van der Waals surface area contributed by atoms with Crippen LogP contribution in [0.1, 0.15) is 18.7 Å². The molecule has 1 aliphatic heterocycles. The van der Waals surface area contributed by atoms with Crippen LogP contribution in [0.25, 0.3) is 11.1 Å². The molecule has 1 aliphatic rings. The maximum atomic E-state index is 12.2. The summed E-state index contributed by atoms with van der Waals surface area (Å²) >= 11 is 0. The van der Waals surface area contributed by atoms with E-state index in [1.54, 1.807) is 19.0 Å². The second kappa shape index (κ2) is 5.37. The fraction of sp³-hybridized carbons (Fsp3) is 0.467. The second-order valence-corrected chi connectivity index (χ2v) is 5.66. The predicted octanol–water partition coefficient (Wildman–Crippen LogP) is 1.46. The van der Waals surface area contributed by atoms with Crippen molar-refractivity contribution >= 4 is 22.7 Å². The molecule has 6 heteroatoms. The van der Waals surface area contributed by atoms with Crippen molar-refractivity contribution in [3.63, 3.8) is 0 Å². The second-order valence-electron chi connectivity index (χ2n) is 5.66. The number of likely N-dealkylation sites (N-methyl/N-ethyl adjacent to an activating group) is 1. The van der Waals surface area contributed by atoms with Crippen molar-refractivity contribution in [2.24, 2.45) is 0 Å². The molecular weight excluding hydrogens is 268 g/mol. The Kier molecular flexibility index (Phi) is 3.55. The van der Waals surface area contributed by atoms with Gasteiger partial charge in [0.2, 0.25) is 11.8 Å². The lowest BCUT2D eigenvalue weighted by atomic mass is 10.2. The van der Waals surface area contributed by atoms with Crippen LogP contribution < -0.4 is 5.73 Å². The Labute approximate surface area is 123 Å². The first kappa shape index (κ1) is 13.9. The van der Waals surface area contributed by atoms with Gasteiger partial charge in [0.05, 0.1) is 18.3 Å². The van der Waals surface area contributed by atoms with E-state index >= 15 is 0 Å². The Hall–Kier alpha value is -2.08. The summed E-state index contributed by atoms with van der Waals surface area (Å²) < 4.78 is 5.74. The van der Waals surface area contributed by atoms with Gasteiger partial charge in [-0.05, 0) is 31.5 Å². The minimum atomic E-state index is -0.0765. The largest absolute Gasteiger partial charge is 0.439 e. The molecule has 0 spiro atoms. The number of rotatable bonds is 3. The molecule has 1 unspecified atom stereocenters. The Morgan fingerprint density at radius 3 is 3.05 bits per heavy atom. The number of para-hydroxylation sites is 1. The molecule has 1 saturated heterocycles. The third-order valence-electron chi connectivity index (χ3n) is 3.92. The zero-order chi connectivity index (χ0) is 15.0. The highest BCUT2D eigenvalue weighted by molar-refractivity contribution is 5.85. The van der Waals surface area contributed by atoms with Crippen molar-refractivity contribution < 1.29 is 9.21 Å². The topological polar surface area (TPSA) is 75.6 Å². The van der Waals surface area contributed by atoms with Crippen LogP contribution in [0.2, 0.25) is 0 Å². The van der Waals surface area contributed by atoms with Gasteiger partial charge in [0.15, 0.2) is 5.58 Å². The van der Waals surface area contributed by atoms with E-state index in [9.17, 15) is 4.79 Å². The third kappa shape index (κ3) is 2.58. The van der Waals surface area contributed by atoms with Crippen LogP contribution in [0.15, 0.2) is 22.6 Å². The van der Waals surface area contributed by atoms with Crippen molar-refractivity contribution in [2.45, 2.75) is 25.4 Å². The van der Waals surface area contributed by atoms with Gasteiger partial charge < -0.3 is 15.1 Å². The van der Waals surface area contributed by atoms with Crippen LogP contribution in [0, 0.1) is 0 Å². The fourth-order valence-electron chi connectivity index (χ4n) is 2.85. The lowest BCUT2D eigenvalue weighted by molar-refractivity contribution is -0.133. The average molecular weight is 288 g/mol. The minimum absolute atomic E-state index is 0.0765. The standard InChI is InChI=1S/C15H20N4O2/c1-18(2)15(20)11-6-4-8-19(11)9-13-17-14-10(16)5-3-7-12(14)21-13/h3,5,7,11H,4,6,8-9,16H2,1-2H3. The number of likely N-dealkylation sites (tertiary alicyclic amines) is 1. The molecule has 0 saturated carbocycles. The molecule has 0 bridgehead atoms. The Bertz CT molecular complexity index is 665. The van der Waals surface area contributed by atoms with Crippen LogP contribution in [-0.4, -0.2) is 47.4 Å². The van der Waals surface area contributed by atoms with Crippen LogP contribution in [0.5, 0.6) is 0 Å². The highest BCUT2D eigenvalue weighted by atomic mass is 16.3. The molecule has 6 nitrogen and oxygen atoms in total. The Morgan fingerprint density at radius 2 is 2.33 bits per heavy atom. The number of aromatic nitrogens is 1. The number of anilines is 1. The normalized spacial score (nSPS) is 19.2. The Balaban J connectivity index is 1.81. The van der Waals surface area contributed by atoms with Crippen molar-refractivity contribution in [2.75, 3.05) is 26.4 Å². The number of hydrogen-bond donors (Lipinski definition) is 1. The van der Waals surface area contributed by atoms with Crippen molar-refractivity contribution in [3.8, 4) is 0 Å². The van der Waals surface area contributed by atoms with E-state index < -0.39 is 0 Å². The van der Waals surface area contributed by atoms with Gasteiger partial charge in [0, 0.05) is 14.1 Å². The van der Waals surface area contributed by atoms with E-state index in [1.165, 1.54) is 0 Å². The van der Waals surface area contributed by atoms with Gasteiger partial charge in [-0.3, -0.25) is 9.69 Å². The van der Waals surface area contributed by atoms with Crippen LogP contribution in [-0.2, 0) is 11.3 Å². The molecule has 0 radical (unpaired) electrons. The molecule has 112 valence electrons. The highest BCUT2D eigenvalue weighted by Crippen LogP contribution is 2.25. The lowest BCUT2D eigenvalue weighted by Gasteiger charge is -2.24. The SMILES string of the molecule is CN(C)C(=O)C1CCCN1Cc1nc2c(N)cccc2o1. The van der Waals surface area contributed by atoms with Crippen molar-refractivity contribution in [1.29, 1.82) is 0 Å². The molecule has 2 heterocycles. The number of carbonyl (C=O) groups is 1. The summed E-state index contributed by atoms with van der Waals surface area (Å²) in [6, 6.07) is 5.44. The molecular formula is C15H20N4O2. The van der Waals surface area contributed by atoms with E-state index in [-0.39, 0.29) is 11.9 Å². The predicted molar refractivity (Wildman–Crippen MR) is 80.5 cm³/mol. The van der Waals surface area contributed by atoms with E-state index in [0.29, 0.717) is 29.2 Å². The van der Waals surface area contributed by atoms with Gasteiger partial charge in [-0.25, -0.2) is 4.98 Å². The summed E-state index contributed by atoms with van der Waals surface area (Å²) in [4.78, 5) is 20.4. The van der Waals surface area contributed by atoms with Crippen LogP contribution in [0.4, 0.5) is 5.69 Å². The summed E-state index contributed by atoms with van der Waals surface area (Å²) in [6.07, 6.45) is 1.91. The molecule has 1 atom stereocenters. The number of nitrogen functional groups attached to an aromatic ring is 1. The van der Waals surface area contributed by atoms with Crippen LogP contribution >= 0.6 is 0 Å². The van der Waals surface area contributed by atoms with E-state index in [4.69, 9.17) is 10.2 Å². The number of benzene rings is 1. The molecule has 2 N–H and O–H groups in total.